The van der Waals surface area contributed by atoms with Gasteiger partial charge in [-0.1, -0.05) is 6.07 Å². The van der Waals surface area contributed by atoms with Crippen molar-refractivity contribution in [1.29, 1.82) is 0 Å². The molecule has 0 fully saturated rings. The largest absolute Gasteiger partial charge is 0.480 e. The molecule has 0 radical (unpaired) electrons. The zero-order chi connectivity index (χ0) is 20.2. The van der Waals surface area contributed by atoms with Crippen LogP contribution in [-0.4, -0.2) is 36.9 Å². The van der Waals surface area contributed by atoms with Gasteiger partial charge in [0.25, 0.3) is 15.7 Å². The summed E-state index contributed by atoms with van der Waals surface area (Å²) in [6, 6.07) is 9.77. The summed E-state index contributed by atoms with van der Waals surface area (Å²) < 4.78 is 26.3. The van der Waals surface area contributed by atoms with E-state index in [0.717, 1.165) is 12.1 Å². The van der Waals surface area contributed by atoms with Crippen molar-refractivity contribution in [2.24, 2.45) is 0 Å². The second-order valence-corrected chi connectivity index (χ2v) is 7.25. The first-order chi connectivity index (χ1) is 12.6. The topological polar surface area (TPSA) is 147 Å². The molecule has 0 aliphatic carbocycles. The van der Waals surface area contributed by atoms with Gasteiger partial charge in [0.2, 0.25) is 5.91 Å². The maximum Gasteiger partial charge on any atom is 0.324 e. The third kappa shape index (κ3) is 4.79. The number of non-ortho nitro benzene ring substituents is 1. The van der Waals surface area contributed by atoms with Gasteiger partial charge < -0.3 is 10.4 Å². The molecule has 0 saturated carbocycles. The fourth-order valence-corrected chi connectivity index (χ4v) is 3.65. The third-order valence-corrected chi connectivity index (χ3v) is 5.16. The lowest BCUT2D eigenvalue weighted by Gasteiger charge is -2.22. The average molecular weight is 393 g/mol. The van der Waals surface area contributed by atoms with Crippen molar-refractivity contribution < 1.29 is 28.0 Å². The number of hydrogen-bond acceptors (Lipinski definition) is 6. The maximum absolute atomic E-state index is 12.9. The Morgan fingerprint density at radius 1 is 1.19 bits per heavy atom. The van der Waals surface area contributed by atoms with Gasteiger partial charge in [-0.05, 0) is 30.3 Å². The number of nitro benzene ring substituents is 1. The van der Waals surface area contributed by atoms with Crippen molar-refractivity contribution in [3.63, 3.8) is 0 Å². The summed E-state index contributed by atoms with van der Waals surface area (Å²) in [4.78, 5) is 32.2. The van der Waals surface area contributed by atoms with Crippen molar-refractivity contribution in [3.8, 4) is 0 Å². The quantitative estimate of drug-likeness (QED) is 0.539. The molecular weight excluding hydrogens is 378 g/mol. The molecule has 2 rings (SSSR count). The van der Waals surface area contributed by atoms with Crippen LogP contribution in [0.1, 0.15) is 6.92 Å². The number of hydrogen-bond donors (Lipinski definition) is 2. The van der Waals surface area contributed by atoms with Gasteiger partial charge in [-0.2, -0.15) is 0 Å². The zero-order valence-electron chi connectivity index (χ0n) is 14.0. The Labute approximate surface area is 154 Å². The molecule has 142 valence electrons. The van der Waals surface area contributed by atoms with E-state index in [0.29, 0.717) is 9.99 Å². The highest BCUT2D eigenvalue weighted by Crippen LogP contribution is 2.27. The summed E-state index contributed by atoms with van der Waals surface area (Å²) >= 11 is 0. The Kier molecular flexibility index (Phi) is 5.75. The molecule has 0 heterocycles. The molecule has 0 atom stereocenters. The highest BCUT2D eigenvalue weighted by atomic mass is 32.2. The smallest absolute Gasteiger partial charge is 0.324 e. The number of amides is 1. The number of sulfonamides is 1. The van der Waals surface area contributed by atoms with Gasteiger partial charge in [-0.25, -0.2) is 8.42 Å². The summed E-state index contributed by atoms with van der Waals surface area (Å²) in [5.74, 6) is -1.77. The van der Waals surface area contributed by atoms with Gasteiger partial charge >= 0.3 is 5.97 Å². The molecule has 0 aromatic heterocycles. The minimum atomic E-state index is -4.32. The second-order valence-electron chi connectivity index (χ2n) is 5.39. The Morgan fingerprint density at radius 2 is 1.81 bits per heavy atom. The Morgan fingerprint density at radius 3 is 2.33 bits per heavy atom. The normalized spacial score (nSPS) is 10.9. The van der Waals surface area contributed by atoms with Gasteiger partial charge in [0, 0.05) is 24.7 Å². The van der Waals surface area contributed by atoms with Gasteiger partial charge in [0.1, 0.15) is 6.54 Å². The molecule has 2 aromatic rings. The van der Waals surface area contributed by atoms with Gasteiger partial charge in [-0.3, -0.25) is 24.0 Å². The summed E-state index contributed by atoms with van der Waals surface area (Å²) in [7, 11) is -4.32. The van der Waals surface area contributed by atoms with E-state index in [4.69, 9.17) is 5.11 Å². The molecule has 0 aliphatic rings. The summed E-state index contributed by atoms with van der Waals surface area (Å²) in [6.45, 7) is 0.374. The van der Waals surface area contributed by atoms with Crippen LogP contribution < -0.4 is 9.62 Å². The van der Waals surface area contributed by atoms with Crippen LogP contribution in [0.4, 0.5) is 17.1 Å². The number of rotatable bonds is 7. The molecule has 10 nitrogen and oxygen atoms in total. The Hall–Kier alpha value is -3.47. The van der Waals surface area contributed by atoms with Gasteiger partial charge in [-0.15, -0.1) is 0 Å². The van der Waals surface area contributed by atoms with E-state index in [1.807, 2.05) is 0 Å². The molecular formula is C16H15N3O7S. The van der Waals surface area contributed by atoms with Crippen molar-refractivity contribution in [2.75, 3.05) is 16.2 Å². The van der Waals surface area contributed by atoms with E-state index in [2.05, 4.69) is 5.32 Å². The number of carboxylic acid groups (broad SMARTS) is 1. The maximum atomic E-state index is 12.9. The second kappa shape index (κ2) is 7.83. The molecule has 0 bridgehead atoms. The molecule has 1 amide bonds. The molecule has 0 spiro atoms. The van der Waals surface area contributed by atoms with Crippen LogP contribution in [0.25, 0.3) is 0 Å². The minimum absolute atomic E-state index is 0.155. The molecule has 27 heavy (non-hydrogen) atoms. The fourth-order valence-electron chi connectivity index (χ4n) is 2.24. The van der Waals surface area contributed by atoms with Crippen LogP contribution in [0.2, 0.25) is 0 Å². The van der Waals surface area contributed by atoms with E-state index in [1.54, 1.807) is 0 Å². The number of carbonyl (C=O) groups excluding carboxylic acids is 1. The number of anilines is 2. The monoisotopic (exact) mass is 393 g/mol. The lowest BCUT2D eigenvalue weighted by molar-refractivity contribution is -0.384. The van der Waals surface area contributed by atoms with Crippen LogP contribution in [0.5, 0.6) is 0 Å². The number of carboxylic acids is 1. The fraction of sp³-hybridized carbons (Fsp3) is 0.125. The number of nitro groups is 1. The SMILES string of the molecule is CC(=O)Nc1ccc(S(=O)(=O)N(CC(=O)O)c2cccc([N+](=O)[O-])c2)cc1. The van der Waals surface area contributed by atoms with Crippen molar-refractivity contribution >= 4 is 39.0 Å². The number of benzene rings is 2. The van der Waals surface area contributed by atoms with Crippen LogP contribution in [0.3, 0.4) is 0 Å². The van der Waals surface area contributed by atoms with Crippen LogP contribution in [-0.2, 0) is 19.6 Å². The van der Waals surface area contributed by atoms with E-state index in [-0.39, 0.29) is 22.2 Å². The highest BCUT2D eigenvalue weighted by Gasteiger charge is 2.28. The van der Waals surface area contributed by atoms with E-state index in [9.17, 15) is 28.1 Å². The highest BCUT2D eigenvalue weighted by molar-refractivity contribution is 7.92. The minimum Gasteiger partial charge on any atom is -0.480 e. The van der Waals surface area contributed by atoms with Gasteiger partial charge in [0.15, 0.2) is 0 Å². The van der Waals surface area contributed by atoms with Crippen molar-refractivity contribution in [2.45, 2.75) is 11.8 Å². The molecule has 11 heteroatoms. The van der Waals surface area contributed by atoms with E-state index < -0.39 is 27.5 Å². The predicted molar refractivity (Wildman–Crippen MR) is 96.0 cm³/mol. The molecule has 0 saturated heterocycles. The van der Waals surface area contributed by atoms with Crippen molar-refractivity contribution in [3.05, 3.63) is 58.6 Å². The Bertz CT molecular complexity index is 987. The molecule has 0 aliphatic heterocycles. The van der Waals surface area contributed by atoms with E-state index >= 15 is 0 Å². The van der Waals surface area contributed by atoms with Crippen LogP contribution in [0.15, 0.2) is 53.4 Å². The number of aliphatic carboxylic acids is 1. The Balaban J connectivity index is 2.48. The lowest BCUT2D eigenvalue weighted by Crippen LogP contribution is -2.35. The standard InChI is InChI=1S/C16H15N3O7S/c1-11(20)17-12-5-7-15(8-6-12)27(25,26)18(10-16(21)22)13-3-2-4-14(9-13)19(23)24/h2-9H,10H2,1H3,(H,17,20)(H,21,22). The first kappa shape index (κ1) is 19.8. The first-order valence-electron chi connectivity index (χ1n) is 7.48. The number of carbonyl (C=O) groups is 2. The zero-order valence-corrected chi connectivity index (χ0v) is 14.8. The third-order valence-electron chi connectivity index (χ3n) is 3.37. The predicted octanol–water partition coefficient (Wildman–Crippen LogP) is 1.83. The summed E-state index contributed by atoms with van der Waals surface area (Å²) in [6.07, 6.45) is 0. The van der Waals surface area contributed by atoms with Gasteiger partial charge in [0.05, 0.1) is 15.5 Å². The number of nitrogens with zero attached hydrogens (tertiary/aromatic N) is 2. The molecule has 2 N–H and O–H groups in total. The first-order valence-corrected chi connectivity index (χ1v) is 8.92. The lowest BCUT2D eigenvalue weighted by atomic mass is 10.3. The summed E-state index contributed by atoms with van der Waals surface area (Å²) in [5.41, 5.74) is -0.168. The van der Waals surface area contributed by atoms with E-state index in [1.165, 1.54) is 43.3 Å². The summed E-state index contributed by atoms with van der Waals surface area (Å²) in [5, 5.41) is 22.5. The average Bonchev–Trinajstić information content (AvgIpc) is 2.59. The number of nitrogens with one attached hydrogen (secondary N) is 1. The molecule has 2 aromatic carbocycles. The molecule has 0 unspecified atom stereocenters. The van der Waals surface area contributed by atoms with Crippen molar-refractivity contribution in [1.82, 2.24) is 0 Å². The van der Waals surface area contributed by atoms with Crippen LogP contribution in [0, 0.1) is 10.1 Å². The van der Waals surface area contributed by atoms with Crippen LogP contribution >= 0.6 is 0 Å².